The Hall–Kier alpha value is -1.76. The molecule has 1 saturated heterocycles. The number of H-pyrrole nitrogens is 1. The van der Waals surface area contributed by atoms with Crippen LogP contribution in [-0.2, 0) is 6.54 Å². The number of likely N-dealkylation sites (N-methyl/N-ethyl adjacent to an activating group) is 1. The van der Waals surface area contributed by atoms with Gasteiger partial charge in [0.15, 0.2) is 0 Å². The van der Waals surface area contributed by atoms with Gasteiger partial charge in [0.2, 0.25) is 0 Å². The van der Waals surface area contributed by atoms with Gasteiger partial charge >= 0.3 is 5.69 Å². The second-order valence-corrected chi connectivity index (χ2v) is 5.92. The summed E-state index contributed by atoms with van der Waals surface area (Å²) in [5, 5.41) is 3.18. The van der Waals surface area contributed by atoms with E-state index >= 15 is 0 Å². The van der Waals surface area contributed by atoms with Crippen LogP contribution in [0.5, 0.6) is 0 Å². The average molecular weight is 281 g/mol. The van der Waals surface area contributed by atoms with Crippen LogP contribution in [0.2, 0.25) is 0 Å². The highest BCUT2D eigenvalue weighted by Crippen LogP contribution is 2.17. The van der Waals surface area contributed by atoms with Crippen LogP contribution >= 0.6 is 0 Å². The molecule has 0 amide bonds. The molecule has 1 aliphatic heterocycles. The molecule has 0 saturated carbocycles. The van der Waals surface area contributed by atoms with Crippen molar-refractivity contribution in [3.05, 3.63) is 20.8 Å². The lowest BCUT2D eigenvalue weighted by molar-refractivity contribution is 0.414. The summed E-state index contributed by atoms with van der Waals surface area (Å²) >= 11 is 0. The van der Waals surface area contributed by atoms with Gasteiger partial charge < -0.3 is 16.0 Å². The molecule has 0 aliphatic carbocycles. The molecular formula is C13H23N5O2. The van der Waals surface area contributed by atoms with Crippen LogP contribution in [0.3, 0.4) is 0 Å². The minimum Gasteiger partial charge on any atom is -0.383 e. The van der Waals surface area contributed by atoms with Crippen molar-refractivity contribution in [3.8, 4) is 0 Å². The molecule has 1 atom stereocenters. The molecule has 7 heteroatoms. The molecule has 112 valence electrons. The van der Waals surface area contributed by atoms with E-state index in [0.717, 1.165) is 19.5 Å². The molecule has 2 rings (SSSR count). The highest BCUT2D eigenvalue weighted by molar-refractivity contribution is 5.61. The van der Waals surface area contributed by atoms with E-state index < -0.39 is 11.2 Å². The molecule has 1 aliphatic rings. The first-order valence-corrected chi connectivity index (χ1v) is 6.96. The fourth-order valence-corrected chi connectivity index (χ4v) is 2.53. The van der Waals surface area contributed by atoms with Crippen molar-refractivity contribution in [2.45, 2.75) is 32.9 Å². The van der Waals surface area contributed by atoms with E-state index in [-0.39, 0.29) is 17.8 Å². The van der Waals surface area contributed by atoms with Crippen LogP contribution in [0.4, 0.5) is 11.5 Å². The summed E-state index contributed by atoms with van der Waals surface area (Å²) in [4.78, 5) is 28.3. The number of nitrogens with two attached hydrogens (primary N) is 1. The highest BCUT2D eigenvalue weighted by Gasteiger charge is 2.22. The zero-order valence-electron chi connectivity index (χ0n) is 12.3. The number of anilines is 2. The van der Waals surface area contributed by atoms with Gasteiger partial charge in [-0.25, -0.2) is 4.79 Å². The Kier molecular flexibility index (Phi) is 4.17. The second-order valence-electron chi connectivity index (χ2n) is 5.92. The van der Waals surface area contributed by atoms with E-state index in [0.29, 0.717) is 12.2 Å². The maximum Gasteiger partial charge on any atom is 0.330 e. The fourth-order valence-electron chi connectivity index (χ4n) is 2.53. The number of rotatable bonds is 4. The number of aromatic amines is 1. The fraction of sp³-hybridized carbons (Fsp3) is 0.692. The zero-order chi connectivity index (χ0) is 14.9. The number of nitrogens with zero attached hydrogens (tertiary/aromatic N) is 2. The van der Waals surface area contributed by atoms with Gasteiger partial charge in [-0.1, -0.05) is 13.8 Å². The first-order valence-electron chi connectivity index (χ1n) is 6.96. The lowest BCUT2D eigenvalue weighted by Crippen LogP contribution is -2.37. The van der Waals surface area contributed by atoms with Gasteiger partial charge in [0.1, 0.15) is 11.5 Å². The first kappa shape index (κ1) is 14.6. The Bertz CT molecular complexity index is 589. The molecule has 1 fully saturated rings. The summed E-state index contributed by atoms with van der Waals surface area (Å²) < 4.78 is 1.42. The van der Waals surface area contributed by atoms with Crippen LogP contribution in [-0.4, -0.2) is 40.6 Å². The SMILES string of the molecule is CC(C)Cn1c(N)c(NC2CCN(C)C2)c(=O)[nH]c1=O. The summed E-state index contributed by atoms with van der Waals surface area (Å²) in [6.45, 7) is 6.33. The average Bonchev–Trinajstić information content (AvgIpc) is 2.75. The van der Waals surface area contributed by atoms with Gasteiger partial charge in [-0.15, -0.1) is 0 Å². The Morgan fingerprint density at radius 2 is 2.15 bits per heavy atom. The molecule has 1 unspecified atom stereocenters. The Balaban J connectivity index is 2.32. The topological polar surface area (TPSA) is 96.2 Å². The van der Waals surface area contributed by atoms with E-state index in [1.165, 1.54) is 4.57 Å². The van der Waals surface area contributed by atoms with Gasteiger partial charge in [0, 0.05) is 19.1 Å². The smallest absolute Gasteiger partial charge is 0.330 e. The van der Waals surface area contributed by atoms with Crippen molar-refractivity contribution in [2.75, 3.05) is 31.2 Å². The van der Waals surface area contributed by atoms with Crippen LogP contribution in [0.1, 0.15) is 20.3 Å². The molecule has 20 heavy (non-hydrogen) atoms. The molecule has 2 heterocycles. The van der Waals surface area contributed by atoms with E-state index in [1.54, 1.807) is 0 Å². The van der Waals surface area contributed by atoms with Gasteiger partial charge in [0.05, 0.1) is 0 Å². The van der Waals surface area contributed by atoms with Crippen molar-refractivity contribution < 1.29 is 0 Å². The lowest BCUT2D eigenvalue weighted by atomic mass is 10.2. The molecule has 7 nitrogen and oxygen atoms in total. The van der Waals surface area contributed by atoms with Crippen LogP contribution < -0.4 is 22.3 Å². The first-order chi connectivity index (χ1) is 9.38. The summed E-state index contributed by atoms with van der Waals surface area (Å²) in [6, 6.07) is 0.188. The highest BCUT2D eigenvalue weighted by atomic mass is 16.2. The standard InChI is InChI=1S/C13H23N5O2/c1-8(2)6-18-11(14)10(12(19)16-13(18)20)15-9-4-5-17(3)7-9/h8-9,15H,4-7,14H2,1-3H3,(H,16,19,20). The monoisotopic (exact) mass is 281 g/mol. The maximum absolute atomic E-state index is 11.9. The van der Waals surface area contributed by atoms with Gasteiger partial charge in [-0.2, -0.15) is 0 Å². The third-order valence-corrected chi connectivity index (χ3v) is 3.53. The second kappa shape index (κ2) is 5.70. The molecular weight excluding hydrogens is 258 g/mol. The summed E-state index contributed by atoms with van der Waals surface area (Å²) in [5.41, 5.74) is 5.43. The quantitative estimate of drug-likeness (QED) is 0.715. The van der Waals surface area contributed by atoms with Gasteiger partial charge in [-0.05, 0) is 25.9 Å². The molecule has 0 spiro atoms. The largest absolute Gasteiger partial charge is 0.383 e. The summed E-state index contributed by atoms with van der Waals surface area (Å²) in [5.74, 6) is 0.494. The minimum absolute atomic E-state index is 0.188. The zero-order valence-corrected chi connectivity index (χ0v) is 12.3. The Morgan fingerprint density at radius 3 is 2.70 bits per heavy atom. The minimum atomic E-state index is -0.449. The maximum atomic E-state index is 11.9. The van der Waals surface area contributed by atoms with E-state index in [9.17, 15) is 9.59 Å². The van der Waals surface area contributed by atoms with Crippen LogP contribution in [0, 0.1) is 5.92 Å². The summed E-state index contributed by atoms with van der Waals surface area (Å²) in [6.07, 6.45) is 0.957. The predicted molar refractivity (Wildman–Crippen MR) is 80.1 cm³/mol. The normalized spacial score (nSPS) is 19.7. The number of aromatic nitrogens is 2. The van der Waals surface area contributed by atoms with Gasteiger partial charge in [-0.3, -0.25) is 14.3 Å². The number of hydrogen-bond acceptors (Lipinski definition) is 5. The van der Waals surface area contributed by atoms with Crippen molar-refractivity contribution in [3.63, 3.8) is 0 Å². The Morgan fingerprint density at radius 1 is 1.45 bits per heavy atom. The third-order valence-electron chi connectivity index (χ3n) is 3.53. The van der Waals surface area contributed by atoms with E-state index in [1.807, 2.05) is 20.9 Å². The van der Waals surface area contributed by atoms with E-state index in [4.69, 9.17) is 5.73 Å². The third kappa shape index (κ3) is 3.04. The van der Waals surface area contributed by atoms with Crippen molar-refractivity contribution >= 4 is 11.5 Å². The summed E-state index contributed by atoms with van der Waals surface area (Å²) in [7, 11) is 2.04. The number of nitrogen functional groups attached to an aromatic ring is 1. The van der Waals surface area contributed by atoms with Crippen molar-refractivity contribution in [1.82, 2.24) is 14.5 Å². The predicted octanol–water partition coefficient (Wildman–Crippen LogP) is -0.109. The van der Waals surface area contributed by atoms with Gasteiger partial charge in [0.25, 0.3) is 5.56 Å². The van der Waals surface area contributed by atoms with Crippen molar-refractivity contribution in [2.24, 2.45) is 5.92 Å². The van der Waals surface area contributed by atoms with E-state index in [2.05, 4.69) is 15.2 Å². The number of hydrogen-bond donors (Lipinski definition) is 3. The number of likely N-dealkylation sites (tertiary alicyclic amines) is 1. The van der Waals surface area contributed by atoms with Crippen LogP contribution in [0.25, 0.3) is 0 Å². The molecule has 0 radical (unpaired) electrons. The molecule has 1 aromatic heterocycles. The molecule has 1 aromatic rings. The molecule has 4 N–H and O–H groups in total. The van der Waals surface area contributed by atoms with Crippen LogP contribution in [0.15, 0.2) is 9.59 Å². The van der Waals surface area contributed by atoms with Crippen molar-refractivity contribution in [1.29, 1.82) is 0 Å². The Labute approximate surface area is 117 Å². The molecule has 0 bridgehead atoms. The lowest BCUT2D eigenvalue weighted by Gasteiger charge is -2.18. The molecule has 0 aromatic carbocycles. The number of nitrogens with one attached hydrogen (secondary N) is 2.